The van der Waals surface area contributed by atoms with Gasteiger partial charge < -0.3 is 24.2 Å². The van der Waals surface area contributed by atoms with Crippen molar-refractivity contribution in [2.45, 2.75) is 37.1 Å². The highest BCUT2D eigenvalue weighted by molar-refractivity contribution is 7.38. The molecule has 5 rings (SSSR count). The van der Waals surface area contributed by atoms with Crippen LogP contribution in [0.1, 0.15) is 33.9 Å². The van der Waals surface area contributed by atoms with E-state index in [-0.39, 0.29) is 27.2 Å². The fourth-order valence-electron chi connectivity index (χ4n) is 4.38. The molecule has 0 amide bonds. The van der Waals surface area contributed by atoms with Gasteiger partial charge in [0.15, 0.2) is 29.2 Å². The molecule has 1 fully saturated rings. The molecule has 0 saturated carbocycles. The van der Waals surface area contributed by atoms with Gasteiger partial charge in [-0.25, -0.2) is 24.5 Å². The van der Waals surface area contributed by atoms with Crippen LogP contribution in [0.2, 0.25) is 5.15 Å². The normalized spacial score (nSPS) is 21.7. The summed E-state index contributed by atoms with van der Waals surface area (Å²) >= 11 is 6.23. The second-order valence-corrected chi connectivity index (χ2v) is 10.6. The smallest absolute Gasteiger partial charge is 0.361 e. The van der Waals surface area contributed by atoms with E-state index >= 15 is 0 Å². The van der Waals surface area contributed by atoms with Crippen LogP contribution in [0.25, 0.3) is 11.2 Å². The quantitative estimate of drug-likeness (QED) is 0.134. The van der Waals surface area contributed by atoms with Crippen molar-refractivity contribution in [1.82, 2.24) is 24.5 Å². The van der Waals surface area contributed by atoms with Crippen molar-refractivity contribution >= 4 is 51.1 Å². The molecule has 11 nitrogen and oxygen atoms in total. The number of hydrogen-bond donors (Lipinski definition) is 2. The first-order valence-electron chi connectivity index (χ1n) is 12.1. The number of benzene rings is 2. The highest BCUT2D eigenvalue weighted by Gasteiger charge is 2.53. The van der Waals surface area contributed by atoms with Crippen LogP contribution in [0.15, 0.2) is 73.3 Å². The molecule has 0 radical (unpaired) electrons. The SMILES string of the molecule is C[C@H](PNBO)[C@H]1O[C@@H](n2cnc3c(Cl)ncnc32)[C@H](OC(=O)c2ccccc2)[C@@H]1OC(=O)c1ccccc1. The van der Waals surface area contributed by atoms with Gasteiger partial charge in [-0.1, -0.05) is 63.7 Å². The Balaban J connectivity index is 1.56. The lowest BCUT2D eigenvalue weighted by Crippen LogP contribution is -2.42. The highest BCUT2D eigenvalue weighted by Crippen LogP contribution is 2.40. The van der Waals surface area contributed by atoms with Gasteiger partial charge in [-0.3, -0.25) is 4.57 Å². The molecule has 0 bridgehead atoms. The largest absolute Gasteiger partial charge is 0.452 e. The Morgan fingerprint density at radius 2 is 1.64 bits per heavy atom. The molecule has 2 aromatic carbocycles. The number of hydrogen-bond acceptors (Lipinski definition) is 10. The zero-order valence-corrected chi connectivity index (χ0v) is 22.4. The molecule has 4 aromatic rings. The summed E-state index contributed by atoms with van der Waals surface area (Å²) in [5, 5.41) is 9.48. The van der Waals surface area contributed by atoms with Gasteiger partial charge >= 0.3 is 19.6 Å². The summed E-state index contributed by atoms with van der Waals surface area (Å²) in [6, 6.07) is 17.0. The summed E-state index contributed by atoms with van der Waals surface area (Å²) in [7, 11) is -0.181. The number of carbonyl (C=O) groups is 2. The van der Waals surface area contributed by atoms with E-state index in [0.29, 0.717) is 22.3 Å². The second kappa shape index (κ2) is 12.2. The van der Waals surface area contributed by atoms with Crippen LogP contribution >= 0.6 is 20.3 Å². The third kappa shape index (κ3) is 5.80. The molecule has 3 heterocycles. The van der Waals surface area contributed by atoms with Crippen LogP contribution in [-0.2, 0) is 14.2 Å². The molecule has 0 spiro atoms. The summed E-state index contributed by atoms with van der Waals surface area (Å²) in [6.07, 6.45) is -1.01. The number of nitrogens with zero attached hydrogens (tertiary/aromatic N) is 4. The van der Waals surface area contributed by atoms with Crippen LogP contribution in [0.4, 0.5) is 0 Å². The molecular formula is C25H24BClN5O6P. The van der Waals surface area contributed by atoms with Crippen molar-refractivity contribution in [2.24, 2.45) is 0 Å². The van der Waals surface area contributed by atoms with Gasteiger partial charge in [0, 0.05) is 5.66 Å². The number of carbonyl (C=O) groups excluding carboxylic acids is 2. The third-order valence-electron chi connectivity index (χ3n) is 6.22. The van der Waals surface area contributed by atoms with Crippen LogP contribution in [0.5, 0.6) is 0 Å². The first kappa shape index (κ1) is 27.2. The van der Waals surface area contributed by atoms with Gasteiger partial charge in [0.1, 0.15) is 17.9 Å². The van der Waals surface area contributed by atoms with Crippen molar-refractivity contribution in [1.29, 1.82) is 0 Å². The minimum absolute atomic E-state index is 0.0533. The summed E-state index contributed by atoms with van der Waals surface area (Å²) < 4.78 is 20.1. The van der Waals surface area contributed by atoms with E-state index in [2.05, 4.69) is 20.0 Å². The van der Waals surface area contributed by atoms with Crippen LogP contribution in [0.3, 0.4) is 0 Å². The maximum Gasteiger partial charge on any atom is 0.361 e. The lowest BCUT2D eigenvalue weighted by Gasteiger charge is -2.27. The molecule has 1 unspecified atom stereocenters. The minimum Gasteiger partial charge on any atom is -0.452 e. The molecule has 39 heavy (non-hydrogen) atoms. The lowest BCUT2D eigenvalue weighted by molar-refractivity contribution is -0.0486. The Morgan fingerprint density at radius 3 is 2.26 bits per heavy atom. The average molecular weight is 568 g/mol. The molecule has 6 atom stereocenters. The van der Waals surface area contributed by atoms with E-state index in [4.69, 9.17) is 25.8 Å². The summed E-state index contributed by atoms with van der Waals surface area (Å²) in [5.41, 5.74) is 1.11. The van der Waals surface area contributed by atoms with Gasteiger partial charge in [0.2, 0.25) is 0 Å². The Hall–Kier alpha value is -3.41. The minimum atomic E-state index is -1.08. The Kier molecular flexibility index (Phi) is 8.49. The van der Waals surface area contributed by atoms with Gasteiger partial charge in [0.25, 0.3) is 0 Å². The lowest BCUT2D eigenvalue weighted by atomic mass is 10.1. The maximum absolute atomic E-state index is 13.2. The number of fused-ring (bicyclic) bond motifs is 1. The monoisotopic (exact) mass is 567 g/mol. The Morgan fingerprint density at radius 1 is 1.03 bits per heavy atom. The van der Waals surface area contributed by atoms with E-state index in [9.17, 15) is 14.6 Å². The number of imidazole rings is 1. The molecule has 200 valence electrons. The zero-order valence-electron chi connectivity index (χ0n) is 20.7. The number of nitrogens with one attached hydrogen (secondary N) is 1. The fourth-order valence-corrected chi connectivity index (χ4v) is 5.40. The van der Waals surface area contributed by atoms with Gasteiger partial charge in [0.05, 0.1) is 17.5 Å². The molecule has 1 saturated heterocycles. The van der Waals surface area contributed by atoms with Crippen molar-refractivity contribution in [3.8, 4) is 0 Å². The van der Waals surface area contributed by atoms with Crippen LogP contribution in [0, 0.1) is 0 Å². The summed E-state index contributed by atoms with van der Waals surface area (Å²) in [6.45, 7) is 1.89. The number of halogens is 1. The third-order valence-corrected chi connectivity index (χ3v) is 7.64. The molecule has 2 aromatic heterocycles. The van der Waals surface area contributed by atoms with Crippen LogP contribution < -0.4 is 5.00 Å². The molecule has 1 aliphatic rings. The van der Waals surface area contributed by atoms with Crippen molar-refractivity contribution in [3.63, 3.8) is 0 Å². The number of aromatic nitrogens is 4. The van der Waals surface area contributed by atoms with Crippen molar-refractivity contribution in [2.75, 3.05) is 0 Å². The van der Waals surface area contributed by atoms with Gasteiger partial charge in [-0.2, -0.15) is 0 Å². The average Bonchev–Trinajstić information content (AvgIpc) is 3.55. The number of rotatable bonds is 9. The van der Waals surface area contributed by atoms with E-state index in [1.54, 1.807) is 65.2 Å². The van der Waals surface area contributed by atoms with E-state index in [1.165, 1.54) is 12.7 Å². The molecule has 2 N–H and O–H groups in total. The van der Waals surface area contributed by atoms with Crippen LogP contribution in [-0.4, -0.2) is 68.1 Å². The van der Waals surface area contributed by atoms with E-state index in [1.807, 2.05) is 6.92 Å². The fraction of sp³-hybridized carbons (Fsp3) is 0.240. The first-order chi connectivity index (χ1) is 19.0. The molecule has 1 aliphatic heterocycles. The van der Waals surface area contributed by atoms with E-state index < -0.39 is 36.5 Å². The number of esters is 2. The highest BCUT2D eigenvalue weighted by atomic mass is 35.5. The Labute approximate surface area is 231 Å². The van der Waals surface area contributed by atoms with Gasteiger partial charge in [-0.05, 0) is 24.3 Å². The molecule has 14 heteroatoms. The van der Waals surface area contributed by atoms with Crippen molar-refractivity contribution < 1.29 is 28.8 Å². The second-order valence-electron chi connectivity index (χ2n) is 8.72. The maximum atomic E-state index is 13.2. The molecular weight excluding hydrogens is 544 g/mol. The standard InChI is InChI=1S/C25H24BClN5O6P/c1-14(39-31-26-35)18-19(37-24(33)15-8-4-2-5-9-15)20(38-25(34)16-10-6-3-7-11-16)23(36-18)32-13-30-17-21(27)28-12-29-22(17)32/h2-14,18-20,23,26,31,35,39H,1H3/t14-,18+,19+,20+,23+/m0/s1. The number of ether oxygens (including phenoxy) is 3. The topological polar surface area (TPSA) is 138 Å². The summed E-state index contributed by atoms with van der Waals surface area (Å²) in [4.78, 5) is 41.9. The predicted octanol–water partition coefficient (Wildman–Crippen LogP) is 2.66. The van der Waals surface area contributed by atoms with Gasteiger partial charge in [-0.15, -0.1) is 0 Å². The molecule has 0 aliphatic carbocycles. The predicted molar refractivity (Wildman–Crippen MR) is 146 cm³/mol. The first-order valence-corrected chi connectivity index (χ1v) is 13.5. The van der Waals surface area contributed by atoms with E-state index in [0.717, 1.165) is 0 Å². The summed E-state index contributed by atoms with van der Waals surface area (Å²) in [5.74, 6) is -1.21. The van der Waals surface area contributed by atoms with Crippen molar-refractivity contribution in [3.05, 3.63) is 89.6 Å². The zero-order chi connectivity index (χ0) is 27.4. The Bertz CT molecular complexity index is 1450.